The van der Waals surface area contributed by atoms with Crippen LogP contribution in [0.15, 0.2) is 12.3 Å². The normalized spacial score (nSPS) is 20.4. The number of carbonyl (C=O) groups is 3. The number of cyclic esters (lactones) is 1. The van der Waals surface area contributed by atoms with Crippen LogP contribution in [-0.4, -0.2) is 88.0 Å². The highest BCUT2D eigenvalue weighted by atomic mass is 16.7. The SMILES string of the molecule is COc1ccnc(C(=O)N[C@@H]2COC[C@H](OCC(C)C)[C@@H](OCC(C)C)COC2=O)c1OCOC(C)=O. The van der Waals surface area contributed by atoms with E-state index in [2.05, 4.69) is 10.3 Å². The van der Waals surface area contributed by atoms with Gasteiger partial charge in [-0.15, -0.1) is 0 Å². The van der Waals surface area contributed by atoms with Gasteiger partial charge in [-0.25, -0.2) is 9.78 Å². The zero-order valence-corrected chi connectivity index (χ0v) is 22.3. The topological polar surface area (TPSA) is 141 Å². The lowest BCUT2D eigenvalue weighted by Crippen LogP contribution is -2.45. The van der Waals surface area contributed by atoms with Gasteiger partial charge < -0.3 is 38.5 Å². The standard InChI is InChI=1S/C25H38N2O10/c1-15(2)9-33-20-12-32-11-18(25(30)35-13-21(20)34-10-16(3)4)27-24(29)22-23(37-14-36-17(5)28)19(31-6)7-8-26-22/h7-8,15-16,18,20-21H,9-14H2,1-6H3,(H,27,29)/t18-,20+,21+/m1/s1. The third-order valence-electron chi connectivity index (χ3n) is 5.02. The summed E-state index contributed by atoms with van der Waals surface area (Å²) in [7, 11) is 1.38. The number of methoxy groups -OCH3 is 1. The van der Waals surface area contributed by atoms with E-state index in [0.717, 1.165) is 0 Å². The molecule has 0 saturated carbocycles. The summed E-state index contributed by atoms with van der Waals surface area (Å²) in [5.41, 5.74) is -0.171. The predicted molar refractivity (Wildman–Crippen MR) is 130 cm³/mol. The van der Waals surface area contributed by atoms with Crippen LogP contribution in [0.25, 0.3) is 0 Å². The van der Waals surface area contributed by atoms with Crippen molar-refractivity contribution in [2.24, 2.45) is 11.8 Å². The van der Waals surface area contributed by atoms with E-state index < -0.39 is 42.9 Å². The maximum Gasteiger partial charge on any atom is 0.331 e. The van der Waals surface area contributed by atoms with Crippen LogP contribution in [-0.2, 0) is 33.3 Å². The molecule has 1 N–H and O–H groups in total. The fraction of sp³-hybridized carbons (Fsp3) is 0.680. The first kappa shape index (κ1) is 30.3. The van der Waals surface area contributed by atoms with Crippen LogP contribution in [0.4, 0.5) is 0 Å². The third kappa shape index (κ3) is 10.1. The molecule has 1 amide bonds. The quantitative estimate of drug-likeness (QED) is 0.314. The summed E-state index contributed by atoms with van der Waals surface area (Å²) in [6.07, 6.45) is 0.364. The molecule has 0 radical (unpaired) electrons. The van der Waals surface area contributed by atoms with Gasteiger partial charge in [-0.1, -0.05) is 27.7 Å². The van der Waals surface area contributed by atoms with Crippen LogP contribution >= 0.6 is 0 Å². The zero-order valence-electron chi connectivity index (χ0n) is 22.3. The second-order valence-corrected chi connectivity index (χ2v) is 9.31. The van der Waals surface area contributed by atoms with Gasteiger partial charge in [-0.3, -0.25) is 9.59 Å². The molecule has 1 fully saturated rings. The number of pyridine rings is 1. The lowest BCUT2D eigenvalue weighted by atomic mass is 10.2. The molecule has 2 heterocycles. The number of hydrogen-bond donors (Lipinski definition) is 1. The largest absolute Gasteiger partial charge is 0.493 e. The molecule has 0 bridgehead atoms. The van der Waals surface area contributed by atoms with Crippen molar-refractivity contribution in [3.63, 3.8) is 0 Å². The van der Waals surface area contributed by atoms with E-state index in [0.29, 0.717) is 19.1 Å². The Morgan fingerprint density at radius 3 is 2.32 bits per heavy atom. The highest BCUT2D eigenvalue weighted by molar-refractivity contribution is 5.98. The minimum atomic E-state index is -1.13. The maximum atomic E-state index is 13.1. The van der Waals surface area contributed by atoms with Crippen molar-refractivity contribution in [2.75, 3.05) is 46.9 Å². The Hall–Kier alpha value is -2.96. The minimum Gasteiger partial charge on any atom is -0.493 e. The molecule has 12 heteroatoms. The van der Waals surface area contributed by atoms with Crippen LogP contribution < -0.4 is 14.8 Å². The number of esters is 2. The Balaban J connectivity index is 2.15. The average molecular weight is 527 g/mol. The Kier molecular flexibility index (Phi) is 12.5. The molecule has 0 aromatic carbocycles. The Morgan fingerprint density at radius 2 is 1.73 bits per heavy atom. The molecule has 1 aliphatic heterocycles. The van der Waals surface area contributed by atoms with Gasteiger partial charge in [0, 0.05) is 32.4 Å². The molecule has 37 heavy (non-hydrogen) atoms. The summed E-state index contributed by atoms with van der Waals surface area (Å²) in [5.74, 6) is -1.29. The van der Waals surface area contributed by atoms with Gasteiger partial charge in [-0.05, 0) is 11.8 Å². The molecular formula is C25H38N2O10. The molecule has 0 spiro atoms. The van der Waals surface area contributed by atoms with Gasteiger partial charge in [0.15, 0.2) is 23.2 Å². The van der Waals surface area contributed by atoms with Crippen molar-refractivity contribution < 1.29 is 47.5 Å². The molecule has 1 saturated heterocycles. The van der Waals surface area contributed by atoms with Crippen LogP contribution in [0.2, 0.25) is 0 Å². The second kappa shape index (κ2) is 15.3. The van der Waals surface area contributed by atoms with Crippen molar-refractivity contribution in [3.05, 3.63) is 18.0 Å². The van der Waals surface area contributed by atoms with Crippen LogP contribution in [0.3, 0.4) is 0 Å². The number of amides is 1. The molecular weight excluding hydrogens is 488 g/mol. The van der Waals surface area contributed by atoms with E-state index in [1.807, 2.05) is 27.7 Å². The molecule has 208 valence electrons. The maximum absolute atomic E-state index is 13.1. The number of aromatic nitrogens is 1. The van der Waals surface area contributed by atoms with E-state index in [1.165, 1.54) is 26.3 Å². The Labute approximate surface area is 217 Å². The number of rotatable bonds is 12. The van der Waals surface area contributed by atoms with Gasteiger partial charge in [0.05, 0.1) is 20.3 Å². The molecule has 0 aliphatic carbocycles. The van der Waals surface area contributed by atoms with Crippen molar-refractivity contribution in [2.45, 2.75) is 52.9 Å². The van der Waals surface area contributed by atoms with Crippen LogP contribution in [0.5, 0.6) is 11.5 Å². The fourth-order valence-electron chi connectivity index (χ4n) is 3.18. The van der Waals surface area contributed by atoms with Crippen LogP contribution in [0, 0.1) is 11.8 Å². The van der Waals surface area contributed by atoms with Crippen molar-refractivity contribution in [1.29, 1.82) is 0 Å². The van der Waals surface area contributed by atoms with Crippen LogP contribution in [0.1, 0.15) is 45.1 Å². The first-order chi connectivity index (χ1) is 17.6. The van der Waals surface area contributed by atoms with Crippen molar-refractivity contribution >= 4 is 17.8 Å². The average Bonchev–Trinajstić information content (AvgIpc) is 2.91. The number of nitrogens with one attached hydrogen (secondary N) is 1. The van der Waals surface area contributed by atoms with Gasteiger partial charge in [-0.2, -0.15) is 0 Å². The Bertz CT molecular complexity index is 892. The Morgan fingerprint density at radius 1 is 1.08 bits per heavy atom. The van der Waals surface area contributed by atoms with Gasteiger partial charge in [0.1, 0.15) is 18.8 Å². The highest BCUT2D eigenvalue weighted by Gasteiger charge is 2.33. The van der Waals surface area contributed by atoms with Gasteiger partial charge in [0.25, 0.3) is 5.91 Å². The van der Waals surface area contributed by atoms with Crippen molar-refractivity contribution in [3.8, 4) is 11.5 Å². The smallest absolute Gasteiger partial charge is 0.331 e. The van der Waals surface area contributed by atoms with E-state index >= 15 is 0 Å². The number of carbonyl (C=O) groups excluding carboxylic acids is 3. The first-order valence-electron chi connectivity index (χ1n) is 12.2. The van der Waals surface area contributed by atoms with Gasteiger partial charge >= 0.3 is 11.9 Å². The molecule has 1 aliphatic rings. The minimum absolute atomic E-state index is 0.0506. The third-order valence-corrected chi connectivity index (χ3v) is 5.02. The lowest BCUT2D eigenvalue weighted by Gasteiger charge is -2.27. The molecule has 1 aromatic rings. The second-order valence-electron chi connectivity index (χ2n) is 9.31. The summed E-state index contributed by atoms with van der Waals surface area (Å²) >= 11 is 0. The summed E-state index contributed by atoms with van der Waals surface area (Å²) in [4.78, 5) is 41.1. The summed E-state index contributed by atoms with van der Waals surface area (Å²) in [6, 6.07) is 0.350. The van der Waals surface area contributed by atoms with E-state index in [9.17, 15) is 14.4 Å². The van der Waals surface area contributed by atoms with Gasteiger partial charge in [0.2, 0.25) is 6.79 Å². The number of ether oxygens (including phenoxy) is 7. The lowest BCUT2D eigenvalue weighted by molar-refractivity contribution is -0.156. The molecule has 12 nitrogen and oxygen atoms in total. The molecule has 3 atom stereocenters. The van der Waals surface area contributed by atoms with E-state index in [4.69, 9.17) is 33.2 Å². The number of nitrogens with zero attached hydrogens (tertiary/aromatic N) is 1. The van der Waals surface area contributed by atoms with Crippen molar-refractivity contribution in [1.82, 2.24) is 10.3 Å². The van der Waals surface area contributed by atoms with E-state index in [-0.39, 0.29) is 42.9 Å². The first-order valence-corrected chi connectivity index (χ1v) is 12.2. The molecule has 2 rings (SSSR count). The molecule has 1 aromatic heterocycles. The zero-order chi connectivity index (χ0) is 27.4. The fourth-order valence-corrected chi connectivity index (χ4v) is 3.18. The molecule has 0 unspecified atom stereocenters. The summed E-state index contributed by atoms with van der Waals surface area (Å²) in [6.45, 7) is 9.74. The highest BCUT2D eigenvalue weighted by Crippen LogP contribution is 2.29. The van der Waals surface area contributed by atoms with E-state index in [1.54, 1.807) is 0 Å². The summed E-state index contributed by atoms with van der Waals surface area (Å²) < 4.78 is 38.7. The monoisotopic (exact) mass is 526 g/mol. The predicted octanol–water partition coefficient (Wildman–Crippen LogP) is 1.74. The summed E-state index contributed by atoms with van der Waals surface area (Å²) in [5, 5.41) is 2.58. The number of hydrogen-bond acceptors (Lipinski definition) is 11.